The Balaban J connectivity index is 0.000000321. The van der Waals surface area contributed by atoms with Crippen LogP contribution < -0.4 is 0 Å². The fraction of sp³-hybridized carbons (Fsp3) is 0.765. The first-order valence-corrected chi connectivity index (χ1v) is 9.12. The average Bonchev–Trinajstić information content (AvgIpc) is 3.01. The summed E-state index contributed by atoms with van der Waals surface area (Å²) >= 11 is 0. The van der Waals surface area contributed by atoms with Gasteiger partial charge in [0, 0.05) is 50.0 Å². The highest BCUT2D eigenvalue weighted by atomic mass is 19.4. The van der Waals surface area contributed by atoms with Crippen molar-refractivity contribution in [2.75, 3.05) is 26.2 Å². The van der Waals surface area contributed by atoms with Gasteiger partial charge in [0.2, 0.25) is 0 Å². The SMILES string of the molecule is Cc1[nH]ncc1CN1CCN([C@H]2CCCC[C@@H]2O)CC1.O=C(O)C(F)(F)F. The lowest BCUT2D eigenvalue weighted by Crippen LogP contribution is -2.54. The summed E-state index contributed by atoms with van der Waals surface area (Å²) in [5.41, 5.74) is 2.48. The number of aromatic amines is 1. The summed E-state index contributed by atoms with van der Waals surface area (Å²) in [7, 11) is 0. The van der Waals surface area contributed by atoms with Crippen LogP contribution in [0.25, 0.3) is 0 Å². The number of aryl methyl sites for hydroxylation is 1. The first-order valence-electron chi connectivity index (χ1n) is 9.12. The molecule has 7 nitrogen and oxygen atoms in total. The van der Waals surface area contributed by atoms with E-state index in [0.29, 0.717) is 6.04 Å². The molecule has 3 N–H and O–H groups in total. The largest absolute Gasteiger partial charge is 0.490 e. The molecule has 154 valence electrons. The van der Waals surface area contributed by atoms with Gasteiger partial charge < -0.3 is 10.2 Å². The Bertz CT molecular complexity index is 600. The average molecular weight is 392 g/mol. The lowest BCUT2D eigenvalue weighted by Gasteiger charge is -2.42. The van der Waals surface area contributed by atoms with Crippen molar-refractivity contribution in [3.05, 3.63) is 17.5 Å². The molecule has 10 heteroatoms. The van der Waals surface area contributed by atoms with E-state index in [4.69, 9.17) is 9.90 Å². The first-order chi connectivity index (χ1) is 12.7. The molecule has 1 aliphatic heterocycles. The van der Waals surface area contributed by atoms with Crippen LogP contribution in [-0.2, 0) is 11.3 Å². The van der Waals surface area contributed by atoms with E-state index in [-0.39, 0.29) is 6.10 Å². The number of nitrogens with one attached hydrogen (secondary N) is 1. The number of carboxylic acids is 1. The van der Waals surface area contributed by atoms with Crippen LogP contribution >= 0.6 is 0 Å². The molecule has 27 heavy (non-hydrogen) atoms. The highest BCUT2D eigenvalue weighted by molar-refractivity contribution is 5.73. The van der Waals surface area contributed by atoms with E-state index in [1.807, 2.05) is 6.20 Å². The number of halogens is 3. The first kappa shape index (κ1) is 21.6. The van der Waals surface area contributed by atoms with Crippen LogP contribution in [0.4, 0.5) is 13.2 Å². The van der Waals surface area contributed by atoms with Crippen LogP contribution in [0.1, 0.15) is 36.9 Å². The minimum absolute atomic E-state index is 0.105. The minimum atomic E-state index is -5.08. The topological polar surface area (TPSA) is 92.7 Å². The maximum absolute atomic E-state index is 10.6. The van der Waals surface area contributed by atoms with Gasteiger partial charge in [-0.05, 0) is 19.8 Å². The third kappa shape index (κ3) is 6.47. The van der Waals surface area contributed by atoms with Gasteiger partial charge in [0.05, 0.1) is 12.3 Å². The molecular formula is C17H27F3N4O3. The highest BCUT2D eigenvalue weighted by Crippen LogP contribution is 2.24. The van der Waals surface area contributed by atoms with Gasteiger partial charge >= 0.3 is 12.1 Å². The Morgan fingerprint density at radius 2 is 1.85 bits per heavy atom. The number of carboxylic acid groups (broad SMARTS) is 1. The Hall–Kier alpha value is -1.65. The van der Waals surface area contributed by atoms with E-state index < -0.39 is 12.1 Å². The van der Waals surface area contributed by atoms with Gasteiger partial charge in [-0.25, -0.2) is 4.79 Å². The number of hydrogen-bond donors (Lipinski definition) is 3. The molecule has 1 saturated heterocycles. The molecule has 0 radical (unpaired) electrons. The van der Waals surface area contributed by atoms with Gasteiger partial charge in [-0.15, -0.1) is 0 Å². The molecule has 0 bridgehead atoms. The van der Waals surface area contributed by atoms with Crippen molar-refractivity contribution in [3.8, 4) is 0 Å². The quantitative estimate of drug-likeness (QED) is 0.726. The minimum Gasteiger partial charge on any atom is -0.475 e. The van der Waals surface area contributed by atoms with Crippen LogP contribution in [0.2, 0.25) is 0 Å². The van der Waals surface area contributed by atoms with Gasteiger partial charge in [0.25, 0.3) is 0 Å². The number of nitrogens with zero attached hydrogens (tertiary/aromatic N) is 3. The number of carbonyl (C=O) groups is 1. The molecule has 0 aromatic carbocycles. The smallest absolute Gasteiger partial charge is 0.475 e. The van der Waals surface area contributed by atoms with Crippen molar-refractivity contribution in [1.29, 1.82) is 0 Å². The molecular weight excluding hydrogens is 365 g/mol. The summed E-state index contributed by atoms with van der Waals surface area (Å²) in [6.07, 6.45) is 1.37. The summed E-state index contributed by atoms with van der Waals surface area (Å²) in [6, 6.07) is 0.404. The number of aliphatic hydroxyl groups is 1. The van der Waals surface area contributed by atoms with Crippen molar-refractivity contribution in [3.63, 3.8) is 0 Å². The van der Waals surface area contributed by atoms with Crippen LogP contribution in [0, 0.1) is 6.92 Å². The number of aliphatic carboxylic acids is 1. The zero-order valence-electron chi connectivity index (χ0n) is 15.4. The number of rotatable bonds is 3. The highest BCUT2D eigenvalue weighted by Gasteiger charge is 2.38. The molecule has 1 aliphatic carbocycles. The van der Waals surface area contributed by atoms with Gasteiger partial charge in [-0.2, -0.15) is 18.3 Å². The molecule has 0 unspecified atom stereocenters. The molecule has 1 saturated carbocycles. The third-order valence-electron chi connectivity index (χ3n) is 5.14. The normalized spacial score (nSPS) is 24.9. The third-order valence-corrected chi connectivity index (χ3v) is 5.14. The number of piperazine rings is 1. The van der Waals surface area contributed by atoms with Crippen molar-refractivity contribution in [1.82, 2.24) is 20.0 Å². The zero-order chi connectivity index (χ0) is 20.0. The summed E-state index contributed by atoms with van der Waals surface area (Å²) in [4.78, 5) is 13.9. The number of aromatic nitrogens is 2. The summed E-state index contributed by atoms with van der Waals surface area (Å²) < 4.78 is 31.7. The molecule has 0 spiro atoms. The van der Waals surface area contributed by atoms with Crippen LogP contribution in [0.3, 0.4) is 0 Å². The van der Waals surface area contributed by atoms with E-state index in [9.17, 15) is 18.3 Å². The molecule has 1 aromatic heterocycles. The van der Waals surface area contributed by atoms with Crippen LogP contribution in [-0.4, -0.2) is 80.7 Å². The maximum atomic E-state index is 10.6. The van der Waals surface area contributed by atoms with Crippen LogP contribution in [0.15, 0.2) is 6.20 Å². The number of aliphatic hydroxyl groups excluding tert-OH is 1. The van der Waals surface area contributed by atoms with Gasteiger partial charge in [0.15, 0.2) is 0 Å². The second kappa shape index (κ2) is 9.52. The predicted octanol–water partition coefficient (Wildman–Crippen LogP) is 1.77. The van der Waals surface area contributed by atoms with Gasteiger partial charge in [-0.3, -0.25) is 14.9 Å². The van der Waals surface area contributed by atoms with Crippen molar-refractivity contribution < 1.29 is 28.2 Å². The van der Waals surface area contributed by atoms with Crippen molar-refractivity contribution >= 4 is 5.97 Å². The second-order valence-electron chi connectivity index (χ2n) is 7.05. The van der Waals surface area contributed by atoms with E-state index in [1.54, 1.807) is 0 Å². The lowest BCUT2D eigenvalue weighted by atomic mass is 9.91. The fourth-order valence-corrected chi connectivity index (χ4v) is 3.55. The van der Waals surface area contributed by atoms with E-state index >= 15 is 0 Å². The molecule has 1 aromatic rings. The van der Waals surface area contributed by atoms with Gasteiger partial charge in [0.1, 0.15) is 0 Å². The molecule has 3 rings (SSSR count). The molecule has 2 atom stereocenters. The molecule has 2 fully saturated rings. The molecule has 2 heterocycles. The van der Waals surface area contributed by atoms with Crippen molar-refractivity contribution in [2.24, 2.45) is 0 Å². The Morgan fingerprint density at radius 1 is 1.26 bits per heavy atom. The Labute approximate surface area is 156 Å². The summed E-state index contributed by atoms with van der Waals surface area (Å²) in [6.45, 7) is 7.42. The van der Waals surface area contributed by atoms with E-state index in [2.05, 4.69) is 26.9 Å². The number of hydrogen-bond acceptors (Lipinski definition) is 5. The number of H-pyrrole nitrogens is 1. The maximum Gasteiger partial charge on any atom is 0.490 e. The zero-order valence-corrected chi connectivity index (χ0v) is 15.4. The summed E-state index contributed by atoms with van der Waals surface area (Å²) in [5, 5.41) is 24.4. The Kier molecular flexibility index (Phi) is 7.63. The lowest BCUT2D eigenvalue weighted by molar-refractivity contribution is -0.192. The van der Waals surface area contributed by atoms with E-state index in [0.717, 1.165) is 39.1 Å². The standard InChI is InChI=1S/C15H26N4O.C2HF3O2/c1-12-13(10-16-17-12)11-18-6-8-19(9-7-18)14-4-2-3-5-15(14)20;3-2(4,5)1(6)7/h10,14-15,20H,2-9,11H2,1H3,(H,16,17);(H,6,7)/t14-,15-;/m0./s1. The fourth-order valence-electron chi connectivity index (χ4n) is 3.55. The van der Waals surface area contributed by atoms with E-state index in [1.165, 1.54) is 30.5 Å². The summed E-state index contributed by atoms with van der Waals surface area (Å²) in [5.74, 6) is -2.76. The molecule has 0 amide bonds. The van der Waals surface area contributed by atoms with Crippen LogP contribution in [0.5, 0.6) is 0 Å². The number of alkyl halides is 3. The second-order valence-corrected chi connectivity index (χ2v) is 7.05. The predicted molar refractivity (Wildman–Crippen MR) is 92.1 cm³/mol. The Morgan fingerprint density at radius 3 is 2.33 bits per heavy atom. The van der Waals surface area contributed by atoms with Crippen molar-refractivity contribution in [2.45, 2.75) is 57.5 Å². The van der Waals surface area contributed by atoms with Gasteiger partial charge in [-0.1, -0.05) is 12.8 Å². The monoisotopic (exact) mass is 392 g/mol. The molecule has 2 aliphatic rings.